The second kappa shape index (κ2) is 19.2. The SMILES string of the molecule is CCOC(=O)c1c(NC(=O)CSc2cccc(NC(=O)/C(=C\c3cc(OC)c(OC)c(OC)c3)NC(=O)c3ccccc3)c2)sc2c1CCC(c1ccccc1)C2. The number of hydrogen-bond donors (Lipinski definition) is 3. The quantitative estimate of drug-likeness (QED) is 0.0541. The average Bonchev–Trinajstić information content (AvgIpc) is 3.60. The van der Waals surface area contributed by atoms with Gasteiger partial charge < -0.3 is 34.9 Å². The standard InChI is InChI=1S/C44H43N3O8S2/c1-5-55-44(51)39-33-20-19-30(28-13-8-6-9-14-28)24-37(33)57-43(39)47-38(48)26-56-32-18-12-17-31(25-32)45-42(50)34(46-41(49)29-15-10-7-11-16-29)21-27-22-35(52-2)40(54-4)36(23-27)53-3/h6-18,21-23,25,30H,5,19-20,24,26H2,1-4H3,(H,45,50)(H,46,49)(H,47,48)/b34-21+. The van der Waals surface area contributed by atoms with E-state index in [1.807, 2.05) is 24.3 Å². The van der Waals surface area contributed by atoms with Crippen LogP contribution >= 0.6 is 23.1 Å². The first-order valence-corrected chi connectivity index (χ1v) is 20.1. The Hall–Kier alpha value is -6.05. The minimum Gasteiger partial charge on any atom is -0.493 e. The fourth-order valence-corrected chi connectivity index (χ4v) is 8.66. The molecule has 0 fully saturated rings. The lowest BCUT2D eigenvalue weighted by Gasteiger charge is -2.23. The van der Waals surface area contributed by atoms with Gasteiger partial charge in [-0.2, -0.15) is 0 Å². The van der Waals surface area contributed by atoms with Crippen LogP contribution in [-0.4, -0.2) is 57.4 Å². The summed E-state index contributed by atoms with van der Waals surface area (Å²) < 4.78 is 21.8. The second-order valence-electron chi connectivity index (χ2n) is 12.9. The Labute approximate surface area is 339 Å². The van der Waals surface area contributed by atoms with Crippen molar-refractivity contribution >= 4 is 63.6 Å². The van der Waals surface area contributed by atoms with Gasteiger partial charge in [-0.25, -0.2) is 4.79 Å². The smallest absolute Gasteiger partial charge is 0.341 e. The number of nitrogens with one attached hydrogen (secondary N) is 3. The summed E-state index contributed by atoms with van der Waals surface area (Å²) >= 11 is 2.72. The van der Waals surface area contributed by atoms with Crippen molar-refractivity contribution in [2.45, 2.75) is 37.0 Å². The van der Waals surface area contributed by atoms with Crippen molar-refractivity contribution in [3.8, 4) is 17.2 Å². The molecule has 0 saturated heterocycles. The Balaban J connectivity index is 1.17. The number of hydrogen-bond acceptors (Lipinski definition) is 10. The predicted molar refractivity (Wildman–Crippen MR) is 224 cm³/mol. The van der Waals surface area contributed by atoms with E-state index >= 15 is 0 Å². The second-order valence-corrected chi connectivity index (χ2v) is 15.1. The van der Waals surface area contributed by atoms with Crippen molar-refractivity contribution in [3.05, 3.63) is 135 Å². The van der Waals surface area contributed by atoms with E-state index in [1.54, 1.807) is 67.6 Å². The lowest BCUT2D eigenvalue weighted by atomic mass is 9.83. The molecule has 1 aliphatic carbocycles. The maximum atomic E-state index is 13.8. The van der Waals surface area contributed by atoms with Crippen molar-refractivity contribution < 1.29 is 38.1 Å². The molecule has 11 nitrogen and oxygen atoms in total. The lowest BCUT2D eigenvalue weighted by Crippen LogP contribution is -2.30. The van der Waals surface area contributed by atoms with Gasteiger partial charge in [-0.1, -0.05) is 54.6 Å². The van der Waals surface area contributed by atoms with Gasteiger partial charge in [0.05, 0.1) is 39.3 Å². The molecule has 13 heteroatoms. The summed E-state index contributed by atoms with van der Waals surface area (Å²) in [6.07, 6.45) is 3.92. The molecule has 5 aromatic rings. The molecule has 57 heavy (non-hydrogen) atoms. The molecule has 0 spiro atoms. The van der Waals surface area contributed by atoms with E-state index in [4.69, 9.17) is 18.9 Å². The molecule has 4 aromatic carbocycles. The molecule has 0 radical (unpaired) electrons. The van der Waals surface area contributed by atoms with Crippen molar-refractivity contribution in [2.24, 2.45) is 0 Å². The molecule has 1 atom stereocenters. The summed E-state index contributed by atoms with van der Waals surface area (Å²) in [6, 6.07) is 29.3. The van der Waals surface area contributed by atoms with E-state index in [0.717, 1.165) is 29.7 Å². The third kappa shape index (κ3) is 10.0. The molecule has 294 valence electrons. The lowest BCUT2D eigenvalue weighted by molar-refractivity contribution is -0.114. The van der Waals surface area contributed by atoms with Crippen LogP contribution in [0.5, 0.6) is 17.2 Å². The maximum Gasteiger partial charge on any atom is 0.341 e. The molecule has 0 saturated carbocycles. The largest absolute Gasteiger partial charge is 0.493 e. The van der Waals surface area contributed by atoms with Gasteiger partial charge in [0.25, 0.3) is 11.8 Å². The summed E-state index contributed by atoms with van der Waals surface area (Å²) in [5.41, 5.74) is 3.94. The zero-order valence-corrected chi connectivity index (χ0v) is 33.6. The van der Waals surface area contributed by atoms with Crippen molar-refractivity contribution in [1.29, 1.82) is 0 Å². The molecule has 0 bridgehead atoms. The number of carbonyl (C=O) groups excluding carboxylic acids is 4. The van der Waals surface area contributed by atoms with Gasteiger partial charge in [0.2, 0.25) is 11.7 Å². The monoisotopic (exact) mass is 805 g/mol. The van der Waals surface area contributed by atoms with Gasteiger partial charge in [0.15, 0.2) is 11.5 Å². The van der Waals surface area contributed by atoms with Gasteiger partial charge in [0, 0.05) is 21.0 Å². The number of ether oxygens (including phenoxy) is 4. The summed E-state index contributed by atoms with van der Waals surface area (Å²) in [6.45, 7) is 2.00. The maximum absolute atomic E-state index is 13.8. The van der Waals surface area contributed by atoms with Crippen LogP contribution in [0.15, 0.2) is 108 Å². The van der Waals surface area contributed by atoms with E-state index in [9.17, 15) is 19.2 Å². The van der Waals surface area contributed by atoms with Crippen molar-refractivity contribution in [2.75, 3.05) is 44.3 Å². The molecular weight excluding hydrogens is 763 g/mol. The normalized spacial score (nSPS) is 13.5. The van der Waals surface area contributed by atoms with Gasteiger partial charge in [-0.3, -0.25) is 14.4 Å². The number of amides is 3. The third-order valence-electron chi connectivity index (χ3n) is 9.26. The number of rotatable bonds is 15. The molecule has 0 aliphatic heterocycles. The number of thiophene rings is 1. The van der Waals surface area contributed by atoms with Crippen LogP contribution in [0.25, 0.3) is 6.08 Å². The zero-order valence-electron chi connectivity index (χ0n) is 32.0. The highest BCUT2D eigenvalue weighted by atomic mass is 32.2. The average molecular weight is 806 g/mol. The highest BCUT2D eigenvalue weighted by Crippen LogP contribution is 2.43. The third-order valence-corrected chi connectivity index (χ3v) is 11.4. The van der Waals surface area contributed by atoms with E-state index < -0.39 is 17.8 Å². The number of benzene rings is 4. The van der Waals surface area contributed by atoms with Crippen LogP contribution in [0.1, 0.15) is 61.5 Å². The van der Waals surface area contributed by atoms with E-state index in [-0.39, 0.29) is 24.0 Å². The Morgan fingerprint density at radius 2 is 1.54 bits per heavy atom. The number of fused-ring (bicyclic) bond motifs is 1. The molecule has 1 aromatic heterocycles. The summed E-state index contributed by atoms with van der Waals surface area (Å²) in [4.78, 5) is 55.4. The topological polar surface area (TPSA) is 141 Å². The predicted octanol–water partition coefficient (Wildman–Crippen LogP) is 8.36. The van der Waals surface area contributed by atoms with Crippen LogP contribution in [0.2, 0.25) is 0 Å². The Morgan fingerprint density at radius 1 is 0.842 bits per heavy atom. The van der Waals surface area contributed by atoms with Crippen LogP contribution in [0.4, 0.5) is 10.7 Å². The first-order chi connectivity index (χ1) is 27.7. The number of thioether (sulfide) groups is 1. The molecule has 3 amide bonds. The summed E-state index contributed by atoms with van der Waals surface area (Å²) in [5, 5.41) is 9.10. The van der Waals surface area contributed by atoms with Crippen LogP contribution in [0.3, 0.4) is 0 Å². The van der Waals surface area contributed by atoms with Crippen LogP contribution < -0.4 is 30.2 Å². The first-order valence-electron chi connectivity index (χ1n) is 18.3. The number of esters is 1. The zero-order chi connectivity index (χ0) is 40.3. The van der Waals surface area contributed by atoms with Crippen LogP contribution in [-0.2, 0) is 27.2 Å². The van der Waals surface area contributed by atoms with Gasteiger partial charge in [0.1, 0.15) is 10.7 Å². The van der Waals surface area contributed by atoms with Gasteiger partial charge in [-0.05, 0) is 97.3 Å². The minimum atomic E-state index is -0.587. The summed E-state index contributed by atoms with van der Waals surface area (Å²) in [5.74, 6) is -0.267. The van der Waals surface area contributed by atoms with Crippen molar-refractivity contribution in [3.63, 3.8) is 0 Å². The van der Waals surface area contributed by atoms with Gasteiger partial charge >= 0.3 is 5.97 Å². The summed E-state index contributed by atoms with van der Waals surface area (Å²) in [7, 11) is 4.47. The van der Waals surface area contributed by atoms with Crippen LogP contribution in [0, 0.1) is 0 Å². The Morgan fingerprint density at radius 3 is 2.21 bits per heavy atom. The Kier molecular flexibility index (Phi) is 13.7. The van der Waals surface area contributed by atoms with Gasteiger partial charge in [-0.15, -0.1) is 23.1 Å². The number of methoxy groups -OCH3 is 3. The molecular formula is C44H43N3O8S2. The number of carbonyl (C=O) groups is 4. The fraction of sp³-hybridized carbons (Fsp3) is 0.227. The molecule has 1 aliphatic rings. The minimum absolute atomic E-state index is 0.0401. The fourth-order valence-electron chi connectivity index (χ4n) is 6.57. The van der Waals surface area contributed by atoms with E-state index in [0.29, 0.717) is 55.4 Å². The van der Waals surface area contributed by atoms with Crippen molar-refractivity contribution in [1.82, 2.24) is 5.32 Å². The molecule has 1 heterocycles. The number of anilines is 2. The molecule has 3 N–H and O–H groups in total. The molecule has 1 unspecified atom stereocenters. The molecule has 6 rings (SSSR count). The van der Waals surface area contributed by atoms with E-state index in [2.05, 4.69) is 28.1 Å². The Bertz CT molecular complexity index is 2250. The highest BCUT2D eigenvalue weighted by Gasteiger charge is 2.31. The van der Waals surface area contributed by atoms with E-state index in [1.165, 1.54) is 56.1 Å². The highest BCUT2D eigenvalue weighted by molar-refractivity contribution is 8.00. The first kappa shape index (κ1) is 40.6.